The first-order valence-corrected chi connectivity index (χ1v) is 8.14. The average Bonchev–Trinajstić information content (AvgIpc) is 2.36. The quantitative estimate of drug-likeness (QED) is 0.612. The Kier molecular flexibility index (Phi) is 5.17. The predicted molar refractivity (Wildman–Crippen MR) is 90.3 cm³/mol. The number of hydrogen-bond acceptors (Lipinski definition) is 1. The third-order valence-electron chi connectivity index (χ3n) is 2.96. The molecule has 2 aromatic rings. The van der Waals surface area contributed by atoms with E-state index in [1.165, 1.54) is 5.56 Å². The summed E-state index contributed by atoms with van der Waals surface area (Å²) in [6.45, 7) is 4.36. The second-order valence-electron chi connectivity index (χ2n) is 5.29. The summed E-state index contributed by atoms with van der Waals surface area (Å²) < 4.78 is 1.79. The first-order chi connectivity index (χ1) is 9.45. The molecule has 0 N–H and O–H groups in total. The van der Waals surface area contributed by atoms with Crippen molar-refractivity contribution < 1.29 is 4.79 Å². The van der Waals surface area contributed by atoms with Crippen LogP contribution in [0, 0.1) is 5.92 Å². The summed E-state index contributed by atoms with van der Waals surface area (Å²) in [6.07, 6.45) is 0.989. The van der Waals surface area contributed by atoms with Crippen LogP contribution in [0.5, 0.6) is 0 Å². The highest BCUT2D eigenvalue weighted by atomic mass is 79.9. The van der Waals surface area contributed by atoms with Gasteiger partial charge in [0.1, 0.15) is 0 Å². The fraction of sp³-hybridized carbons (Fsp3) is 0.235. The zero-order valence-electron chi connectivity index (χ0n) is 11.5. The molecule has 0 aromatic heterocycles. The van der Waals surface area contributed by atoms with E-state index >= 15 is 0 Å². The SMILES string of the molecule is CC(C)Cc1cccc(C(=O)c2cc(Br)cc(Br)c2)c1. The second-order valence-corrected chi connectivity index (χ2v) is 7.12. The summed E-state index contributed by atoms with van der Waals surface area (Å²) in [6, 6.07) is 13.5. The molecule has 2 rings (SSSR count). The Morgan fingerprint density at radius 3 is 2.25 bits per heavy atom. The van der Waals surface area contributed by atoms with Crippen molar-refractivity contribution in [1.82, 2.24) is 0 Å². The van der Waals surface area contributed by atoms with Gasteiger partial charge in [-0.05, 0) is 42.2 Å². The molecule has 3 heteroatoms. The van der Waals surface area contributed by atoms with E-state index in [1.807, 2.05) is 36.4 Å². The molecular formula is C17H16Br2O. The van der Waals surface area contributed by atoms with Gasteiger partial charge in [-0.2, -0.15) is 0 Å². The number of benzene rings is 2. The summed E-state index contributed by atoms with van der Waals surface area (Å²) in [5.41, 5.74) is 2.64. The lowest BCUT2D eigenvalue weighted by atomic mass is 9.97. The minimum Gasteiger partial charge on any atom is -0.289 e. The van der Waals surface area contributed by atoms with Gasteiger partial charge in [0.2, 0.25) is 0 Å². The van der Waals surface area contributed by atoms with Crippen molar-refractivity contribution in [2.24, 2.45) is 5.92 Å². The van der Waals surface area contributed by atoms with Crippen LogP contribution in [0.2, 0.25) is 0 Å². The smallest absolute Gasteiger partial charge is 0.193 e. The number of carbonyl (C=O) groups is 1. The van der Waals surface area contributed by atoms with Crippen LogP contribution in [0.4, 0.5) is 0 Å². The van der Waals surface area contributed by atoms with Crippen molar-refractivity contribution in [2.45, 2.75) is 20.3 Å². The second kappa shape index (κ2) is 6.68. The van der Waals surface area contributed by atoms with Crippen LogP contribution in [-0.4, -0.2) is 5.78 Å². The van der Waals surface area contributed by atoms with Gasteiger partial charge in [0.05, 0.1) is 0 Å². The Labute approximate surface area is 136 Å². The Morgan fingerprint density at radius 2 is 1.65 bits per heavy atom. The van der Waals surface area contributed by atoms with Gasteiger partial charge in [-0.15, -0.1) is 0 Å². The van der Waals surface area contributed by atoms with Gasteiger partial charge < -0.3 is 0 Å². The lowest BCUT2D eigenvalue weighted by Crippen LogP contribution is -2.03. The van der Waals surface area contributed by atoms with Crippen LogP contribution in [0.15, 0.2) is 51.4 Å². The summed E-state index contributed by atoms with van der Waals surface area (Å²) in [5.74, 6) is 0.637. The maximum absolute atomic E-state index is 12.5. The molecule has 0 fully saturated rings. The van der Waals surface area contributed by atoms with E-state index in [4.69, 9.17) is 0 Å². The minimum atomic E-state index is 0.0533. The van der Waals surface area contributed by atoms with E-state index < -0.39 is 0 Å². The van der Waals surface area contributed by atoms with Crippen molar-refractivity contribution in [1.29, 1.82) is 0 Å². The first kappa shape index (κ1) is 15.5. The molecule has 0 saturated carbocycles. The number of halogens is 2. The Bertz CT molecular complexity index is 612. The topological polar surface area (TPSA) is 17.1 Å². The first-order valence-electron chi connectivity index (χ1n) is 6.55. The van der Waals surface area contributed by atoms with Gasteiger partial charge in [-0.3, -0.25) is 4.79 Å². The van der Waals surface area contributed by atoms with E-state index in [-0.39, 0.29) is 5.78 Å². The van der Waals surface area contributed by atoms with Gasteiger partial charge in [0, 0.05) is 20.1 Å². The molecule has 104 valence electrons. The van der Waals surface area contributed by atoms with E-state index in [0.717, 1.165) is 20.9 Å². The highest BCUT2D eigenvalue weighted by Crippen LogP contribution is 2.22. The molecule has 0 spiro atoms. The van der Waals surface area contributed by atoms with Gasteiger partial charge >= 0.3 is 0 Å². The van der Waals surface area contributed by atoms with E-state index in [2.05, 4.69) is 51.8 Å². The molecule has 0 amide bonds. The highest BCUT2D eigenvalue weighted by Gasteiger charge is 2.11. The standard InChI is InChI=1S/C17H16Br2O/c1-11(2)6-12-4-3-5-13(7-12)17(20)14-8-15(18)10-16(19)9-14/h3-5,7-11H,6H2,1-2H3. The van der Waals surface area contributed by atoms with E-state index in [9.17, 15) is 4.79 Å². The number of ketones is 1. The van der Waals surface area contributed by atoms with Crippen LogP contribution >= 0.6 is 31.9 Å². The van der Waals surface area contributed by atoms with Crippen molar-refractivity contribution in [3.8, 4) is 0 Å². The zero-order chi connectivity index (χ0) is 14.7. The maximum atomic E-state index is 12.5. The molecule has 0 aliphatic carbocycles. The van der Waals surface area contributed by atoms with Crippen molar-refractivity contribution in [3.05, 3.63) is 68.1 Å². The highest BCUT2D eigenvalue weighted by molar-refractivity contribution is 9.11. The molecule has 0 saturated heterocycles. The predicted octanol–water partition coefficient (Wildman–Crippen LogP) is 5.64. The molecule has 0 unspecified atom stereocenters. The molecule has 0 aliphatic heterocycles. The molecule has 0 bridgehead atoms. The number of carbonyl (C=O) groups excluding carboxylic acids is 1. The number of hydrogen-bond donors (Lipinski definition) is 0. The van der Waals surface area contributed by atoms with Crippen LogP contribution in [0.25, 0.3) is 0 Å². The molecule has 0 atom stereocenters. The zero-order valence-corrected chi connectivity index (χ0v) is 14.7. The maximum Gasteiger partial charge on any atom is 0.193 e. The van der Waals surface area contributed by atoms with Crippen LogP contribution in [-0.2, 0) is 6.42 Å². The summed E-state index contributed by atoms with van der Waals surface area (Å²) >= 11 is 6.84. The minimum absolute atomic E-state index is 0.0533. The monoisotopic (exact) mass is 394 g/mol. The van der Waals surface area contributed by atoms with E-state index in [1.54, 1.807) is 0 Å². The molecule has 2 aromatic carbocycles. The van der Waals surface area contributed by atoms with Crippen LogP contribution < -0.4 is 0 Å². The molecule has 1 nitrogen and oxygen atoms in total. The fourth-order valence-corrected chi connectivity index (χ4v) is 3.46. The summed E-state index contributed by atoms with van der Waals surface area (Å²) in [7, 11) is 0. The summed E-state index contributed by atoms with van der Waals surface area (Å²) in [5, 5.41) is 0. The van der Waals surface area contributed by atoms with Gasteiger partial charge in [0.15, 0.2) is 5.78 Å². The fourth-order valence-electron chi connectivity index (χ4n) is 2.16. The average molecular weight is 396 g/mol. The third-order valence-corrected chi connectivity index (χ3v) is 3.87. The molecule has 0 aliphatic rings. The third kappa shape index (κ3) is 4.03. The van der Waals surface area contributed by atoms with E-state index in [0.29, 0.717) is 11.5 Å². The molecule has 20 heavy (non-hydrogen) atoms. The van der Waals surface area contributed by atoms with Crippen molar-refractivity contribution in [2.75, 3.05) is 0 Å². The Hall–Kier alpha value is -0.930. The molecular weight excluding hydrogens is 380 g/mol. The number of rotatable bonds is 4. The van der Waals surface area contributed by atoms with Gasteiger partial charge in [0.25, 0.3) is 0 Å². The van der Waals surface area contributed by atoms with Gasteiger partial charge in [-0.1, -0.05) is 63.9 Å². The summed E-state index contributed by atoms with van der Waals surface area (Å²) in [4.78, 5) is 12.5. The molecule has 0 radical (unpaired) electrons. The normalized spacial score (nSPS) is 10.8. The lowest BCUT2D eigenvalue weighted by Gasteiger charge is -2.08. The van der Waals surface area contributed by atoms with Gasteiger partial charge in [-0.25, -0.2) is 0 Å². The van der Waals surface area contributed by atoms with Crippen LogP contribution in [0.1, 0.15) is 35.3 Å². The van der Waals surface area contributed by atoms with Crippen LogP contribution in [0.3, 0.4) is 0 Å². The molecule has 0 heterocycles. The lowest BCUT2D eigenvalue weighted by molar-refractivity contribution is 0.103. The van der Waals surface area contributed by atoms with Crippen molar-refractivity contribution in [3.63, 3.8) is 0 Å². The van der Waals surface area contributed by atoms with Crippen molar-refractivity contribution >= 4 is 37.6 Å². The Balaban J connectivity index is 2.33. The Morgan fingerprint density at radius 1 is 1.00 bits per heavy atom. The largest absolute Gasteiger partial charge is 0.289 e.